The van der Waals surface area contributed by atoms with Gasteiger partial charge in [-0.15, -0.1) is 0 Å². The van der Waals surface area contributed by atoms with E-state index in [1.165, 1.54) is 18.4 Å². The Labute approximate surface area is 160 Å². The summed E-state index contributed by atoms with van der Waals surface area (Å²) >= 11 is 11.7. The molecule has 1 heterocycles. The summed E-state index contributed by atoms with van der Waals surface area (Å²) in [7, 11) is 0. The molecule has 0 saturated carbocycles. The van der Waals surface area contributed by atoms with Crippen LogP contribution in [0.2, 0.25) is 5.02 Å². The third kappa shape index (κ3) is 4.94. The van der Waals surface area contributed by atoms with Crippen molar-refractivity contribution in [3.05, 3.63) is 64.7 Å². The zero-order valence-electron chi connectivity index (χ0n) is 14.5. The smallest absolute Gasteiger partial charge is 0.170 e. The Kier molecular flexibility index (Phi) is 6.29. The minimum atomic E-state index is 0.338. The van der Waals surface area contributed by atoms with E-state index in [0.717, 1.165) is 35.9 Å². The highest BCUT2D eigenvalue weighted by Crippen LogP contribution is 2.24. The maximum absolute atomic E-state index is 6.18. The van der Waals surface area contributed by atoms with Crippen molar-refractivity contribution in [2.24, 2.45) is 0 Å². The summed E-state index contributed by atoms with van der Waals surface area (Å²) in [4.78, 5) is 2.54. The van der Waals surface area contributed by atoms with Gasteiger partial charge in [0.2, 0.25) is 0 Å². The van der Waals surface area contributed by atoms with Crippen molar-refractivity contribution in [1.82, 2.24) is 10.2 Å². The highest BCUT2D eigenvalue weighted by atomic mass is 35.5. The number of nitrogens with zero attached hydrogens (tertiary/aromatic N) is 1. The molecule has 1 fully saturated rings. The normalized spacial score (nSPS) is 15.8. The molecule has 132 valence electrons. The van der Waals surface area contributed by atoms with Crippen molar-refractivity contribution in [2.75, 3.05) is 25.0 Å². The summed E-state index contributed by atoms with van der Waals surface area (Å²) in [6.07, 6.45) is 2.54. The van der Waals surface area contributed by atoms with Crippen LogP contribution in [-0.2, 0) is 0 Å². The van der Waals surface area contributed by atoms with Crippen molar-refractivity contribution < 1.29 is 0 Å². The fraction of sp³-hybridized carbons (Fsp3) is 0.350. The topological polar surface area (TPSA) is 27.3 Å². The van der Waals surface area contributed by atoms with Crippen LogP contribution >= 0.6 is 23.8 Å². The molecule has 1 aliphatic heterocycles. The van der Waals surface area contributed by atoms with E-state index in [0.29, 0.717) is 11.2 Å². The van der Waals surface area contributed by atoms with Gasteiger partial charge in [-0.05, 0) is 68.3 Å². The number of hydrogen-bond acceptors (Lipinski definition) is 2. The van der Waals surface area contributed by atoms with Crippen LogP contribution in [0.25, 0.3) is 0 Å². The quantitative estimate of drug-likeness (QED) is 0.738. The second kappa shape index (κ2) is 8.65. The molecule has 1 saturated heterocycles. The SMILES string of the molecule is Cc1ccc(NC(=S)NC[C@@H](c2ccccc2)N2CCCC2)cc1Cl. The lowest BCUT2D eigenvalue weighted by molar-refractivity contribution is 0.246. The van der Waals surface area contributed by atoms with Gasteiger partial charge in [-0.2, -0.15) is 0 Å². The van der Waals surface area contributed by atoms with Crippen LogP contribution in [0.5, 0.6) is 0 Å². The van der Waals surface area contributed by atoms with E-state index < -0.39 is 0 Å². The number of likely N-dealkylation sites (tertiary alicyclic amines) is 1. The molecule has 0 unspecified atom stereocenters. The van der Waals surface area contributed by atoms with Crippen LogP contribution in [0.1, 0.15) is 30.0 Å². The molecule has 1 atom stereocenters. The fourth-order valence-electron chi connectivity index (χ4n) is 3.22. The Bertz CT molecular complexity index is 714. The summed E-state index contributed by atoms with van der Waals surface area (Å²) in [6.45, 7) is 5.07. The monoisotopic (exact) mass is 373 g/mol. The van der Waals surface area contributed by atoms with Gasteiger partial charge in [0.05, 0.1) is 6.04 Å². The van der Waals surface area contributed by atoms with Crippen molar-refractivity contribution in [3.63, 3.8) is 0 Å². The Morgan fingerprint density at radius 3 is 2.56 bits per heavy atom. The second-order valence-electron chi connectivity index (χ2n) is 6.47. The first-order chi connectivity index (χ1) is 12.1. The number of halogens is 1. The molecule has 0 amide bonds. The van der Waals surface area contributed by atoms with E-state index >= 15 is 0 Å². The summed E-state index contributed by atoms with van der Waals surface area (Å²) < 4.78 is 0. The molecule has 25 heavy (non-hydrogen) atoms. The first-order valence-corrected chi connectivity index (χ1v) is 9.52. The van der Waals surface area contributed by atoms with Crippen LogP contribution in [-0.4, -0.2) is 29.6 Å². The van der Waals surface area contributed by atoms with E-state index in [4.69, 9.17) is 23.8 Å². The fourth-order valence-corrected chi connectivity index (χ4v) is 3.60. The van der Waals surface area contributed by atoms with Crippen molar-refractivity contribution >= 4 is 34.6 Å². The lowest BCUT2D eigenvalue weighted by atomic mass is 10.1. The molecule has 1 aliphatic rings. The molecular weight excluding hydrogens is 350 g/mol. The largest absolute Gasteiger partial charge is 0.361 e. The van der Waals surface area contributed by atoms with Crippen LogP contribution in [0, 0.1) is 6.92 Å². The maximum atomic E-state index is 6.18. The van der Waals surface area contributed by atoms with Gasteiger partial charge < -0.3 is 10.6 Å². The predicted octanol–water partition coefficient (Wildman–Crippen LogP) is 4.77. The molecule has 0 spiro atoms. The third-order valence-corrected chi connectivity index (χ3v) is 5.31. The Hall–Kier alpha value is -1.62. The molecule has 0 aliphatic carbocycles. The number of thiocarbonyl (C=S) groups is 1. The molecule has 0 radical (unpaired) electrons. The Morgan fingerprint density at radius 1 is 1.16 bits per heavy atom. The molecule has 2 aromatic rings. The van der Waals surface area contributed by atoms with Gasteiger partial charge >= 0.3 is 0 Å². The number of nitrogens with one attached hydrogen (secondary N) is 2. The zero-order chi connectivity index (χ0) is 17.6. The van der Waals surface area contributed by atoms with Crippen LogP contribution in [0.4, 0.5) is 5.69 Å². The van der Waals surface area contributed by atoms with E-state index in [1.807, 2.05) is 25.1 Å². The molecule has 3 rings (SSSR count). The maximum Gasteiger partial charge on any atom is 0.170 e. The Morgan fingerprint density at radius 2 is 1.88 bits per heavy atom. The number of anilines is 1. The van der Waals surface area contributed by atoms with Gasteiger partial charge in [-0.1, -0.05) is 48.0 Å². The van der Waals surface area contributed by atoms with Crippen molar-refractivity contribution in [2.45, 2.75) is 25.8 Å². The van der Waals surface area contributed by atoms with Gasteiger partial charge in [-0.3, -0.25) is 4.90 Å². The summed E-state index contributed by atoms with van der Waals surface area (Å²) in [5.41, 5.74) is 3.30. The van der Waals surface area contributed by atoms with Gasteiger partial charge in [0.25, 0.3) is 0 Å². The number of rotatable bonds is 5. The Balaban J connectivity index is 1.62. The van der Waals surface area contributed by atoms with Gasteiger partial charge in [0.1, 0.15) is 0 Å². The molecular formula is C20H24ClN3S. The summed E-state index contributed by atoms with van der Waals surface area (Å²) in [5, 5.41) is 7.97. The lowest BCUT2D eigenvalue weighted by Crippen LogP contribution is -2.38. The van der Waals surface area contributed by atoms with Crippen LogP contribution in [0.15, 0.2) is 48.5 Å². The van der Waals surface area contributed by atoms with E-state index in [-0.39, 0.29) is 0 Å². The average molecular weight is 374 g/mol. The molecule has 2 N–H and O–H groups in total. The number of benzene rings is 2. The van der Waals surface area contributed by atoms with Gasteiger partial charge in [-0.25, -0.2) is 0 Å². The lowest BCUT2D eigenvalue weighted by Gasteiger charge is -2.28. The van der Waals surface area contributed by atoms with Crippen molar-refractivity contribution in [3.8, 4) is 0 Å². The highest BCUT2D eigenvalue weighted by Gasteiger charge is 2.23. The minimum absolute atomic E-state index is 0.338. The van der Waals surface area contributed by atoms with Gasteiger partial charge in [0.15, 0.2) is 5.11 Å². The third-order valence-electron chi connectivity index (χ3n) is 4.65. The zero-order valence-corrected chi connectivity index (χ0v) is 16.0. The molecule has 3 nitrogen and oxygen atoms in total. The second-order valence-corrected chi connectivity index (χ2v) is 7.28. The predicted molar refractivity (Wildman–Crippen MR) is 110 cm³/mol. The van der Waals surface area contributed by atoms with E-state index in [9.17, 15) is 0 Å². The standard InChI is InChI=1S/C20H24ClN3S/c1-15-9-10-17(13-18(15)21)23-20(25)22-14-19(24-11-5-6-12-24)16-7-3-2-4-8-16/h2-4,7-10,13,19H,5-6,11-12,14H2,1H3,(H2,22,23,25)/t19-/m0/s1. The highest BCUT2D eigenvalue weighted by molar-refractivity contribution is 7.80. The molecule has 0 bridgehead atoms. The first-order valence-electron chi connectivity index (χ1n) is 8.73. The van der Waals surface area contributed by atoms with Crippen LogP contribution < -0.4 is 10.6 Å². The van der Waals surface area contributed by atoms with E-state index in [2.05, 4.69) is 45.9 Å². The van der Waals surface area contributed by atoms with Crippen LogP contribution in [0.3, 0.4) is 0 Å². The summed E-state index contributed by atoms with van der Waals surface area (Å²) in [6, 6.07) is 16.9. The molecule has 0 aromatic heterocycles. The number of hydrogen-bond donors (Lipinski definition) is 2. The van der Waals surface area contributed by atoms with E-state index in [1.54, 1.807) is 0 Å². The van der Waals surface area contributed by atoms with Crippen molar-refractivity contribution in [1.29, 1.82) is 0 Å². The van der Waals surface area contributed by atoms with Gasteiger partial charge in [0, 0.05) is 17.3 Å². The average Bonchev–Trinajstić information content (AvgIpc) is 3.14. The number of aryl methyl sites for hydroxylation is 1. The summed E-state index contributed by atoms with van der Waals surface area (Å²) in [5.74, 6) is 0. The minimum Gasteiger partial charge on any atom is -0.361 e. The first kappa shape index (κ1) is 18.2. The molecule has 2 aromatic carbocycles. The molecule has 5 heteroatoms.